The number of carbonyl (C=O) groups is 1. The second-order valence-corrected chi connectivity index (χ2v) is 12.5. The minimum Gasteiger partial charge on any atom is -0.474 e. The lowest BCUT2D eigenvalue weighted by molar-refractivity contribution is -0.0592. The Bertz CT molecular complexity index is 1830. The summed E-state index contributed by atoms with van der Waals surface area (Å²) < 4.78 is 14.4. The molecule has 0 aliphatic carbocycles. The number of benzene rings is 2. The third kappa shape index (κ3) is 7.20. The number of halogens is 1. The summed E-state index contributed by atoms with van der Waals surface area (Å²) in [7, 11) is 0. The zero-order valence-electron chi connectivity index (χ0n) is 25.7. The lowest BCUT2D eigenvalue weighted by atomic mass is 10.1. The van der Waals surface area contributed by atoms with Gasteiger partial charge < -0.3 is 19.4 Å². The molecule has 7 rings (SSSR count). The summed E-state index contributed by atoms with van der Waals surface area (Å²) in [6, 6.07) is 17.3. The van der Waals surface area contributed by atoms with E-state index in [9.17, 15) is 4.79 Å². The molecule has 5 aromatic rings. The van der Waals surface area contributed by atoms with Gasteiger partial charge in [-0.15, -0.1) is 0 Å². The Morgan fingerprint density at radius 2 is 1.87 bits per heavy atom. The van der Waals surface area contributed by atoms with Crippen LogP contribution in [0.2, 0.25) is 5.02 Å². The van der Waals surface area contributed by atoms with Crippen LogP contribution in [0.1, 0.15) is 52.4 Å². The Morgan fingerprint density at radius 3 is 2.63 bits per heavy atom. The number of nitrogens with one attached hydrogen (secondary N) is 1. The largest absolute Gasteiger partial charge is 0.474 e. The van der Waals surface area contributed by atoms with E-state index in [1.165, 1.54) is 0 Å². The minimum absolute atomic E-state index is 0.0893. The monoisotopic (exact) mass is 637 g/mol. The third-order valence-electron chi connectivity index (χ3n) is 8.54. The summed E-state index contributed by atoms with van der Waals surface area (Å²) >= 11 is 6.02. The smallest absolute Gasteiger partial charge is 0.257 e. The van der Waals surface area contributed by atoms with E-state index in [1.54, 1.807) is 18.6 Å². The van der Waals surface area contributed by atoms with E-state index in [4.69, 9.17) is 26.1 Å². The van der Waals surface area contributed by atoms with Crippen molar-refractivity contribution in [3.8, 4) is 5.88 Å². The predicted octanol–water partition coefficient (Wildman–Crippen LogP) is 5.86. The number of carbonyl (C=O) groups excluding carboxylic acids is 1. The highest BCUT2D eigenvalue weighted by Crippen LogP contribution is 2.26. The van der Waals surface area contributed by atoms with Crippen molar-refractivity contribution in [2.75, 3.05) is 25.0 Å². The number of likely N-dealkylation sites (tertiary alicyclic amines) is 1. The number of fused-ring (bicyclic) bond motifs is 1. The Balaban J connectivity index is 0.998. The first-order chi connectivity index (χ1) is 22.4. The maximum absolute atomic E-state index is 12.9. The third-order valence-corrected chi connectivity index (χ3v) is 8.80. The molecule has 0 spiro atoms. The van der Waals surface area contributed by atoms with Crippen LogP contribution in [0.15, 0.2) is 73.2 Å². The molecule has 2 saturated heterocycles. The fraction of sp³-hybridized carbons (Fsp3) is 0.343. The number of piperidine rings is 1. The van der Waals surface area contributed by atoms with Crippen molar-refractivity contribution in [1.82, 2.24) is 29.4 Å². The molecule has 3 aromatic heterocycles. The van der Waals surface area contributed by atoms with E-state index in [0.29, 0.717) is 28.6 Å². The fourth-order valence-corrected chi connectivity index (χ4v) is 6.09. The Morgan fingerprint density at radius 1 is 1.04 bits per heavy atom. The summed E-state index contributed by atoms with van der Waals surface area (Å²) in [4.78, 5) is 33.6. The van der Waals surface area contributed by atoms with Gasteiger partial charge in [0.2, 0.25) is 5.88 Å². The van der Waals surface area contributed by atoms with E-state index in [0.717, 1.165) is 85.9 Å². The van der Waals surface area contributed by atoms with E-state index < -0.39 is 0 Å². The first kappa shape index (κ1) is 30.3. The Hall–Kier alpha value is -4.38. The number of amides is 1. The van der Waals surface area contributed by atoms with Gasteiger partial charge >= 0.3 is 0 Å². The van der Waals surface area contributed by atoms with Gasteiger partial charge in [-0.1, -0.05) is 23.7 Å². The molecule has 2 fully saturated rings. The van der Waals surface area contributed by atoms with Crippen LogP contribution in [0.3, 0.4) is 0 Å². The van der Waals surface area contributed by atoms with Crippen LogP contribution in [0.5, 0.6) is 5.88 Å². The first-order valence-electron chi connectivity index (χ1n) is 15.7. The van der Waals surface area contributed by atoms with Crippen molar-refractivity contribution in [3.63, 3.8) is 0 Å². The van der Waals surface area contributed by atoms with Crippen molar-refractivity contribution in [2.24, 2.45) is 0 Å². The summed E-state index contributed by atoms with van der Waals surface area (Å²) in [5, 5.41) is 3.71. The van der Waals surface area contributed by atoms with Gasteiger partial charge in [0.15, 0.2) is 0 Å². The van der Waals surface area contributed by atoms with Crippen molar-refractivity contribution in [1.29, 1.82) is 0 Å². The minimum atomic E-state index is -0.192. The number of anilines is 1. The Labute approximate surface area is 272 Å². The number of aromatic nitrogens is 5. The van der Waals surface area contributed by atoms with Crippen LogP contribution in [-0.4, -0.2) is 67.2 Å². The zero-order chi connectivity index (χ0) is 31.5. The van der Waals surface area contributed by atoms with Crippen molar-refractivity contribution < 1.29 is 14.3 Å². The van der Waals surface area contributed by atoms with Gasteiger partial charge in [-0.05, 0) is 73.7 Å². The maximum atomic E-state index is 12.9. The molecule has 0 bridgehead atoms. The summed E-state index contributed by atoms with van der Waals surface area (Å²) in [5.74, 6) is 2.14. The van der Waals surface area contributed by atoms with E-state index in [-0.39, 0.29) is 18.1 Å². The average Bonchev–Trinajstić information content (AvgIpc) is 3.37. The molecule has 1 atom stereocenters. The van der Waals surface area contributed by atoms with Gasteiger partial charge in [0.05, 0.1) is 35.8 Å². The quantitative estimate of drug-likeness (QED) is 0.203. The SMILES string of the molecule is Cc1cncc(C(=O)Nc2ccc3c(c2)nc(CN2CCC(Oc4ccnc(Cc5ccc(Cl)cc5)n4)CC2)n3C[C@@H]2CCO2)c1. The molecule has 10 nitrogen and oxygen atoms in total. The van der Waals surface area contributed by atoms with Gasteiger partial charge in [0.25, 0.3) is 5.91 Å². The molecular formula is C35H36ClN7O3. The van der Waals surface area contributed by atoms with Crippen LogP contribution in [0, 0.1) is 6.92 Å². The lowest BCUT2D eigenvalue weighted by Crippen LogP contribution is -2.39. The van der Waals surface area contributed by atoms with Crippen LogP contribution in [0.25, 0.3) is 11.0 Å². The predicted molar refractivity (Wildman–Crippen MR) is 176 cm³/mol. The second kappa shape index (κ2) is 13.5. The van der Waals surface area contributed by atoms with Crippen molar-refractivity contribution in [2.45, 2.75) is 57.9 Å². The zero-order valence-corrected chi connectivity index (χ0v) is 26.5. The lowest BCUT2D eigenvalue weighted by Gasteiger charge is -2.32. The summed E-state index contributed by atoms with van der Waals surface area (Å²) in [5.41, 5.74) is 5.16. The van der Waals surface area contributed by atoms with E-state index in [1.807, 2.05) is 61.5 Å². The molecule has 0 radical (unpaired) electrons. The highest BCUT2D eigenvalue weighted by atomic mass is 35.5. The number of aryl methyl sites for hydroxylation is 1. The fourth-order valence-electron chi connectivity index (χ4n) is 5.97. The first-order valence-corrected chi connectivity index (χ1v) is 16.1. The number of nitrogens with zero attached hydrogens (tertiary/aromatic N) is 6. The number of rotatable bonds is 10. The van der Waals surface area contributed by atoms with Crippen LogP contribution in [-0.2, 0) is 24.2 Å². The molecule has 5 heterocycles. The number of hydrogen-bond acceptors (Lipinski definition) is 8. The molecule has 1 N–H and O–H groups in total. The topological polar surface area (TPSA) is 107 Å². The van der Waals surface area contributed by atoms with Crippen molar-refractivity contribution in [3.05, 3.63) is 107 Å². The van der Waals surface area contributed by atoms with Gasteiger partial charge in [0, 0.05) is 61.5 Å². The molecule has 46 heavy (non-hydrogen) atoms. The van der Waals surface area contributed by atoms with Gasteiger partial charge in [0.1, 0.15) is 17.8 Å². The van der Waals surface area contributed by atoms with Crippen LogP contribution < -0.4 is 10.1 Å². The standard InChI is InChI=1S/C35H36ClN7O3/c1-23-16-25(20-37-19-23)35(44)39-27-6-7-31-30(18-27)40-33(43(31)21-29-11-15-45-29)22-42-13-9-28(10-14-42)46-34-8-12-38-32(41-34)17-24-2-4-26(36)5-3-24/h2-8,12,16,18-20,28-29H,9-11,13-15,17,21-22H2,1H3,(H,39,44)/t29-/m0/s1. The normalized spacial score (nSPS) is 17.1. The second-order valence-electron chi connectivity index (χ2n) is 12.0. The molecule has 2 aliphatic rings. The van der Waals surface area contributed by atoms with E-state index >= 15 is 0 Å². The van der Waals surface area contributed by atoms with Gasteiger partial charge in [-0.3, -0.25) is 14.7 Å². The van der Waals surface area contributed by atoms with E-state index in [2.05, 4.69) is 29.7 Å². The molecule has 11 heteroatoms. The molecule has 2 aliphatic heterocycles. The molecule has 2 aromatic carbocycles. The highest BCUT2D eigenvalue weighted by molar-refractivity contribution is 6.30. The highest BCUT2D eigenvalue weighted by Gasteiger charge is 2.26. The summed E-state index contributed by atoms with van der Waals surface area (Å²) in [6.07, 6.45) is 8.81. The summed E-state index contributed by atoms with van der Waals surface area (Å²) in [6.45, 7) is 6.00. The maximum Gasteiger partial charge on any atom is 0.257 e. The molecule has 0 saturated carbocycles. The van der Waals surface area contributed by atoms with Gasteiger partial charge in [-0.25, -0.2) is 9.97 Å². The molecule has 236 valence electrons. The molecule has 1 amide bonds. The number of hydrogen-bond donors (Lipinski definition) is 1. The average molecular weight is 638 g/mol. The molecular weight excluding hydrogens is 602 g/mol. The number of imidazole rings is 1. The van der Waals surface area contributed by atoms with Crippen LogP contribution in [0.4, 0.5) is 5.69 Å². The molecule has 0 unspecified atom stereocenters. The number of pyridine rings is 1. The number of ether oxygens (including phenoxy) is 2. The van der Waals surface area contributed by atoms with Gasteiger partial charge in [-0.2, -0.15) is 4.98 Å². The van der Waals surface area contributed by atoms with Crippen LogP contribution >= 0.6 is 11.6 Å². The van der Waals surface area contributed by atoms with Crippen molar-refractivity contribution >= 4 is 34.2 Å². The Kier molecular flexibility index (Phi) is 8.91.